The molecule has 0 radical (unpaired) electrons. The molecule has 148 valence electrons. The third kappa shape index (κ3) is 3.19. The van der Waals surface area contributed by atoms with E-state index in [0.29, 0.717) is 0 Å². The quantitative estimate of drug-likeness (QED) is 0.511. The summed E-state index contributed by atoms with van der Waals surface area (Å²) in [5.74, 6) is 1.84. The van der Waals surface area contributed by atoms with E-state index < -0.39 is 0 Å². The van der Waals surface area contributed by atoms with Crippen molar-refractivity contribution >= 4 is 34.1 Å². The minimum absolute atomic E-state index is 0.731. The van der Waals surface area contributed by atoms with Crippen molar-refractivity contribution in [3.05, 3.63) is 35.5 Å². The first-order valence-corrected chi connectivity index (χ1v) is 10.3. The van der Waals surface area contributed by atoms with Gasteiger partial charge in [-0.2, -0.15) is 0 Å². The Hall–Kier alpha value is -3.14. The van der Waals surface area contributed by atoms with Gasteiger partial charge in [0.25, 0.3) is 0 Å². The number of nitrogens with zero attached hydrogens (tertiary/aromatic N) is 9. The molecule has 4 aromatic rings. The molecular formula is C19H21N9S. The first kappa shape index (κ1) is 17.9. The number of aromatic nitrogens is 7. The van der Waals surface area contributed by atoms with E-state index >= 15 is 0 Å². The Morgan fingerprint density at radius 3 is 2.41 bits per heavy atom. The van der Waals surface area contributed by atoms with Crippen LogP contribution in [0.3, 0.4) is 0 Å². The van der Waals surface area contributed by atoms with Crippen LogP contribution in [0.2, 0.25) is 0 Å². The summed E-state index contributed by atoms with van der Waals surface area (Å²) < 4.78 is 1.98. The van der Waals surface area contributed by atoms with Crippen LogP contribution in [-0.2, 0) is 7.05 Å². The molecule has 5 heterocycles. The highest BCUT2D eigenvalue weighted by Gasteiger charge is 2.22. The van der Waals surface area contributed by atoms with E-state index in [9.17, 15) is 0 Å². The second-order valence-electron chi connectivity index (χ2n) is 7.12. The van der Waals surface area contributed by atoms with Crippen LogP contribution in [0.5, 0.6) is 0 Å². The summed E-state index contributed by atoms with van der Waals surface area (Å²) in [6.07, 6.45) is 3.37. The number of thiazole rings is 1. The van der Waals surface area contributed by atoms with E-state index in [2.05, 4.69) is 46.0 Å². The monoisotopic (exact) mass is 407 g/mol. The van der Waals surface area contributed by atoms with Crippen molar-refractivity contribution in [1.82, 2.24) is 34.7 Å². The lowest BCUT2D eigenvalue weighted by Gasteiger charge is -2.35. The van der Waals surface area contributed by atoms with E-state index in [-0.39, 0.29) is 0 Å². The van der Waals surface area contributed by atoms with Crippen molar-refractivity contribution in [3.63, 3.8) is 0 Å². The number of aryl methyl sites for hydroxylation is 3. The standard InChI is InChI=1S/C19H21N9S/c1-12-17(29-13(2)23-12)14-4-5-15(25-24-14)27-6-8-28(9-7-27)19-16-18(20-10-21-19)22-11-26(16)3/h4-5,10-11H,6-9H2,1-3H3. The molecule has 1 fully saturated rings. The molecule has 9 nitrogen and oxygen atoms in total. The Morgan fingerprint density at radius 2 is 1.72 bits per heavy atom. The van der Waals surface area contributed by atoms with Crippen LogP contribution >= 0.6 is 11.3 Å². The topological polar surface area (TPSA) is 88.8 Å². The maximum atomic E-state index is 4.52. The summed E-state index contributed by atoms with van der Waals surface area (Å²) >= 11 is 1.66. The molecule has 4 aromatic heterocycles. The van der Waals surface area contributed by atoms with Crippen molar-refractivity contribution in [2.24, 2.45) is 7.05 Å². The van der Waals surface area contributed by atoms with Gasteiger partial charge in [0.2, 0.25) is 0 Å². The number of hydrogen-bond acceptors (Lipinski definition) is 9. The highest BCUT2D eigenvalue weighted by atomic mass is 32.1. The Bertz CT molecular complexity index is 1160. The predicted octanol–water partition coefficient (Wildman–Crippen LogP) is 2.22. The van der Waals surface area contributed by atoms with E-state index in [4.69, 9.17) is 0 Å². The van der Waals surface area contributed by atoms with Crippen LogP contribution in [0.25, 0.3) is 21.7 Å². The maximum Gasteiger partial charge on any atom is 0.182 e. The second-order valence-corrected chi connectivity index (χ2v) is 8.33. The largest absolute Gasteiger partial charge is 0.352 e. The average Bonchev–Trinajstić information content (AvgIpc) is 3.30. The van der Waals surface area contributed by atoms with Crippen LogP contribution in [0, 0.1) is 13.8 Å². The number of imidazole rings is 1. The summed E-state index contributed by atoms with van der Waals surface area (Å²) in [5, 5.41) is 9.98. The summed E-state index contributed by atoms with van der Waals surface area (Å²) in [4.78, 5) is 23.2. The molecule has 0 N–H and O–H groups in total. The van der Waals surface area contributed by atoms with E-state index in [1.54, 1.807) is 24.0 Å². The van der Waals surface area contributed by atoms with Gasteiger partial charge in [-0.25, -0.2) is 19.9 Å². The van der Waals surface area contributed by atoms with Gasteiger partial charge in [0.05, 0.1) is 21.9 Å². The van der Waals surface area contributed by atoms with Crippen molar-refractivity contribution in [2.45, 2.75) is 13.8 Å². The normalized spacial score (nSPS) is 14.7. The lowest BCUT2D eigenvalue weighted by Crippen LogP contribution is -2.47. The molecule has 1 saturated heterocycles. The summed E-state index contributed by atoms with van der Waals surface area (Å²) in [6.45, 7) is 7.45. The van der Waals surface area contributed by atoms with Gasteiger partial charge < -0.3 is 14.4 Å². The van der Waals surface area contributed by atoms with Crippen molar-refractivity contribution in [3.8, 4) is 10.6 Å². The zero-order valence-corrected chi connectivity index (χ0v) is 17.4. The average molecular weight is 408 g/mol. The Morgan fingerprint density at radius 1 is 0.931 bits per heavy atom. The van der Waals surface area contributed by atoms with Crippen LogP contribution in [-0.4, -0.2) is 60.9 Å². The minimum atomic E-state index is 0.731. The molecule has 10 heteroatoms. The van der Waals surface area contributed by atoms with Crippen LogP contribution in [0.4, 0.5) is 11.6 Å². The summed E-state index contributed by atoms with van der Waals surface area (Å²) in [7, 11) is 1.97. The maximum absolute atomic E-state index is 4.52. The van der Waals surface area contributed by atoms with Crippen molar-refractivity contribution in [1.29, 1.82) is 0 Å². The second kappa shape index (κ2) is 7.03. The minimum Gasteiger partial charge on any atom is -0.352 e. The summed E-state index contributed by atoms with van der Waals surface area (Å²) in [6, 6.07) is 4.09. The van der Waals surface area contributed by atoms with Gasteiger partial charge in [-0.15, -0.1) is 21.5 Å². The third-order valence-electron chi connectivity index (χ3n) is 5.18. The first-order chi connectivity index (χ1) is 14.1. The van der Waals surface area contributed by atoms with Crippen LogP contribution in [0.15, 0.2) is 24.8 Å². The molecule has 1 aliphatic heterocycles. The fourth-order valence-electron chi connectivity index (χ4n) is 3.73. The fourth-order valence-corrected chi connectivity index (χ4v) is 4.62. The molecule has 0 bridgehead atoms. The number of rotatable bonds is 3. The van der Waals surface area contributed by atoms with Crippen LogP contribution in [0.1, 0.15) is 10.7 Å². The molecule has 0 amide bonds. The number of fused-ring (bicyclic) bond motifs is 1. The Balaban J connectivity index is 1.32. The van der Waals surface area contributed by atoms with E-state index in [0.717, 1.165) is 70.3 Å². The van der Waals surface area contributed by atoms with Gasteiger partial charge >= 0.3 is 0 Å². The Kier molecular flexibility index (Phi) is 4.35. The molecule has 0 aliphatic carbocycles. The zero-order chi connectivity index (χ0) is 20.0. The lowest BCUT2D eigenvalue weighted by molar-refractivity contribution is 0.638. The molecular weight excluding hydrogens is 386 g/mol. The molecule has 29 heavy (non-hydrogen) atoms. The van der Waals surface area contributed by atoms with Gasteiger partial charge in [0, 0.05) is 33.2 Å². The number of piperazine rings is 1. The molecule has 5 rings (SSSR count). The highest BCUT2D eigenvalue weighted by molar-refractivity contribution is 7.15. The van der Waals surface area contributed by atoms with Gasteiger partial charge in [0.15, 0.2) is 17.3 Å². The fraction of sp³-hybridized carbons (Fsp3) is 0.368. The molecule has 0 saturated carbocycles. The zero-order valence-electron chi connectivity index (χ0n) is 16.6. The van der Waals surface area contributed by atoms with Crippen LogP contribution < -0.4 is 9.80 Å². The SMILES string of the molecule is Cc1nc(C)c(-c2ccc(N3CCN(c4ncnc5ncn(C)c45)CC3)nn2)s1. The van der Waals surface area contributed by atoms with Gasteiger partial charge in [-0.05, 0) is 26.0 Å². The number of hydrogen-bond donors (Lipinski definition) is 0. The lowest BCUT2D eigenvalue weighted by atomic mass is 10.2. The smallest absolute Gasteiger partial charge is 0.182 e. The van der Waals surface area contributed by atoms with E-state index in [1.165, 1.54) is 0 Å². The van der Waals surface area contributed by atoms with Crippen molar-refractivity contribution in [2.75, 3.05) is 36.0 Å². The van der Waals surface area contributed by atoms with Gasteiger partial charge in [0.1, 0.15) is 17.5 Å². The molecule has 0 atom stereocenters. The predicted molar refractivity (Wildman–Crippen MR) is 113 cm³/mol. The van der Waals surface area contributed by atoms with Gasteiger partial charge in [-0.3, -0.25) is 0 Å². The van der Waals surface area contributed by atoms with Gasteiger partial charge in [-0.1, -0.05) is 0 Å². The first-order valence-electron chi connectivity index (χ1n) is 9.50. The molecule has 0 aromatic carbocycles. The Labute approximate surface area is 172 Å². The van der Waals surface area contributed by atoms with E-state index in [1.807, 2.05) is 31.5 Å². The molecule has 0 spiro atoms. The van der Waals surface area contributed by atoms with Crippen molar-refractivity contribution < 1.29 is 0 Å². The summed E-state index contributed by atoms with van der Waals surface area (Å²) in [5.41, 5.74) is 3.60. The number of anilines is 2. The third-order valence-corrected chi connectivity index (χ3v) is 6.27. The molecule has 0 unspecified atom stereocenters. The molecule has 1 aliphatic rings. The highest BCUT2D eigenvalue weighted by Crippen LogP contribution is 2.29.